The highest BCUT2D eigenvalue weighted by molar-refractivity contribution is 5.97. The predicted octanol–water partition coefficient (Wildman–Crippen LogP) is 3.53. The largest absolute Gasteiger partial charge is 0.325 e. The van der Waals surface area contributed by atoms with Crippen molar-refractivity contribution in [3.05, 3.63) is 54.6 Å². The number of benzene rings is 2. The van der Waals surface area contributed by atoms with Gasteiger partial charge in [0.25, 0.3) is 5.91 Å². The second-order valence-electron chi connectivity index (χ2n) is 7.05. The summed E-state index contributed by atoms with van der Waals surface area (Å²) < 4.78 is 0. The predicted molar refractivity (Wildman–Crippen MR) is 104 cm³/mol. The zero-order valence-corrected chi connectivity index (χ0v) is 15.1. The lowest BCUT2D eigenvalue weighted by atomic mass is 10.0. The lowest BCUT2D eigenvalue weighted by Crippen LogP contribution is -3.16. The molecule has 0 aliphatic carbocycles. The molecule has 3 rings (SSSR count). The molecule has 0 bridgehead atoms. The summed E-state index contributed by atoms with van der Waals surface area (Å²) in [6.07, 6.45) is 6.41. The molecule has 1 amide bonds. The number of likely N-dealkylation sites (tertiary alicyclic amines) is 1. The maximum absolute atomic E-state index is 12.9. The van der Waals surface area contributed by atoms with Gasteiger partial charge in [-0.3, -0.25) is 4.79 Å². The van der Waals surface area contributed by atoms with Crippen LogP contribution in [0.4, 0.5) is 5.69 Å². The standard InChI is InChI=1S/C22H28N2O/c1-18(24-16-10-3-2-4-11-17-24)22(25)23-21-15-9-8-14-20(21)19-12-6-5-7-13-19/h5-9,12-15,18H,2-4,10-11,16-17H2,1H3,(H,23,25)/p+1/t18-/m0/s1. The second kappa shape index (κ2) is 8.82. The maximum atomic E-state index is 12.9. The van der Waals surface area contributed by atoms with Crippen LogP contribution in [0.5, 0.6) is 0 Å². The Morgan fingerprint density at radius 2 is 1.48 bits per heavy atom. The van der Waals surface area contributed by atoms with E-state index >= 15 is 0 Å². The molecule has 132 valence electrons. The van der Waals surface area contributed by atoms with E-state index in [1.165, 1.54) is 37.0 Å². The average molecular weight is 337 g/mol. The molecule has 3 nitrogen and oxygen atoms in total. The average Bonchev–Trinajstić information content (AvgIpc) is 2.62. The molecule has 1 saturated heterocycles. The number of para-hydroxylation sites is 1. The fourth-order valence-corrected chi connectivity index (χ4v) is 3.68. The van der Waals surface area contributed by atoms with Gasteiger partial charge in [-0.15, -0.1) is 0 Å². The fourth-order valence-electron chi connectivity index (χ4n) is 3.68. The van der Waals surface area contributed by atoms with E-state index in [-0.39, 0.29) is 11.9 Å². The summed E-state index contributed by atoms with van der Waals surface area (Å²) >= 11 is 0. The first-order valence-corrected chi connectivity index (χ1v) is 9.55. The first-order valence-electron chi connectivity index (χ1n) is 9.55. The topological polar surface area (TPSA) is 33.5 Å². The number of hydrogen-bond acceptors (Lipinski definition) is 1. The summed E-state index contributed by atoms with van der Waals surface area (Å²) in [5.74, 6) is 0.124. The molecule has 25 heavy (non-hydrogen) atoms. The van der Waals surface area contributed by atoms with E-state index in [2.05, 4.69) is 30.4 Å². The van der Waals surface area contributed by atoms with Crippen LogP contribution >= 0.6 is 0 Å². The fraction of sp³-hybridized carbons (Fsp3) is 0.409. The van der Waals surface area contributed by atoms with Crippen molar-refractivity contribution < 1.29 is 9.69 Å². The Hall–Kier alpha value is -2.13. The Bertz CT molecular complexity index is 675. The molecule has 1 atom stereocenters. The van der Waals surface area contributed by atoms with Crippen molar-refractivity contribution in [1.29, 1.82) is 0 Å². The van der Waals surface area contributed by atoms with Crippen molar-refractivity contribution >= 4 is 11.6 Å². The van der Waals surface area contributed by atoms with Gasteiger partial charge in [-0.1, -0.05) is 55.0 Å². The van der Waals surface area contributed by atoms with Crippen LogP contribution in [0.15, 0.2) is 54.6 Å². The highest BCUT2D eigenvalue weighted by atomic mass is 16.2. The Labute approximate surface area is 151 Å². The van der Waals surface area contributed by atoms with Crippen molar-refractivity contribution in [3.63, 3.8) is 0 Å². The summed E-state index contributed by atoms with van der Waals surface area (Å²) in [6.45, 7) is 4.28. The van der Waals surface area contributed by atoms with Gasteiger partial charge in [-0.25, -0.2) is 0 Å². The molecule has 3 heteroatoms. The number of amides is 1. The van der Waals surface area contributed by atoms with E-state index in [0.717, 1.165) is 29.9 Å². The van der Waals surface area contributed by atoms with E-state index in [1.807, 2.05) is 36.4 Å². The Morgan fingerprint density at radius 1 is 0.880 bits per heavy atom. The van der Waals surface area contributed by atoms with E-state index in [0.29, 0.717) is 0 Å². The van der Waals surface area contributed by atoms with Crippen LogP contribution in [0.3, 0.4) is 0 Å². The van der Waals surface area contributed by atoms with Crippen LogP contribution < -0.4 is 10.2 Å². The molecule has 1 aliphatic rings. The Balaban J connectivity index is 1.72. The summed E-state index contributed by atoms with van der Waals surface area (Å²) in [5.41, 5.74) is 3.10. The highest BCUT2D eigenvalue weighted by Gasteiger charge is 2.25. The third-order valence-electron chi connectivity index (χ3n) is 5.27. The molecule has 2 N–H and O–H groups in total. The number of carbonyl (C=O) groups excluding carboxylic acids is 1. The summed E-state index contributed by atoms with van der Waals surface area (Å²) in [7, 11) is 0. The second-order valence-corrected chi connectivity index (χ2v) is 7.05. The summed E-state index contributed by atoms with van der Waals surface area (Å²) in [4.78, 5) is 14.3. The molecular formula is C22H29N2O+. The van der Waals surface area contributed by atoms with Crippen molar-refractivity contribution in [2.75, 3.05) is 18.4 Å². The minimum absolute atomic E-state index is 0.0121. The highest BCUT2D eigenvalue weighted by Crippen LogP contribution is 2.27. The van der Waals surface area contributed by atoms with Gasteiger partial charge in [-0.2, -0.15) is 0 Å². The molecule has 1 fully saturated rings. The van der Waals surface area contributed by atoms with E-state index in [9.17, 15) is 4.79 Å². The molecule has 1 aliphatic heterocycles. The number of quaternary nitrogens is 1. The Kier molecular flexibility index (Phi) is 6.24. The number of anilines is 1. The molecule has 1 heterocycles. The molecule has 0 unspecified atom stereocenters. The number of hydrogen-bond donors (Lipinski definition) is 2. The summed E-state index contributed by atoms with van der Waals surface area (Å²) in [6, 6.07) is 18.3. The lowest BCUT2D eigenvalue weighted by Gasteiger charge is -2.27. The molecule has 0 aromatic heterocycles. The normalized spacial score (nSPS) is 17.3. The van der Waals surface area contributed by atoms with Crippen molar-refractivity contribution in [1.82, 2.24) is 0 Å². The quantitative estimate of drug-likeness (QED) is 0.879. The van der Waals surface area contributed by atoms with Crippen molar-refractivity contribution in [3.8, 4) is 11.1 Å². The third-order valence-corrected chi connectivity index (χ3v) is 5.27. The number of rotatable bonds is 4. The van der Waals surface area contributed by atoms with Gasteiger partial charge < -0.3 is 10.2 Å². The van der Waals surface area contributed by atoms with Crippen molar-refractivity contribution in [2.24, 2.45) is 0 Å². The number of carbonyl (C=O) groups is 1. The van der Waals surface area contributed by atoms with Gasteiger partial charge in [0, 0.05) is 11.3 Å². The van der Waals surface area contributed by atoms with Gasteiger partial charge in [0.05, 0.1) is 13.1 Å². The first-order chi connectivity index (χ1) is 12.3. The van der Waals surface area contributed by atoms with Crippen LogP contribution in [-0.2, 0) is 4.79 Å². The maximum Gasteiger partial charge on any atom is 0.282 e. The lowest BCUT2D eigenvalue weighted by molar-refractivity contribution is -0.914. The van der Waals surface area contributed by atoms with Crippen LogP contribution in [0, 0.1) is 0 Å². The van der Waals surface area contributed by atoms with E-state index in [1.54, 1.807) is 0 Å². The van der Waals surface area contributed by atoms with E-state index in [4.69, 9.17) is 0 Å². The molecule has 2 aromatic rings. The van der Waals surface area contributed by atoms with E-state index < -0.39 is 0 Å². The molecule has 0 spiro atoms. The smallest absolute Gasteiger partial charge is 0.282 e. The molecule has 2 aromatic carbocycles. The zero-order chi connectivity index (χ0) is 17.5. The third kappa shape index (κ3) is 4.70. The van der Waals surface area contributed by atoms with Crippen LogP contribution in [0.1, 0.15) is 39.0 Å². The van der Waals surface area contributed by atoms with Gasteiger partial charge in [0.1, 0.15) is 0 Å². The molecule has 0 radical (unpaired) electrons. The van der Waals surface area contributed by atoms with Crippen LogP contribution in [0.2, 0.25) is 0 Å². The van der Waals surface area contributed by atoms with Crippen molar-refractivity contribution in [2.45, 2.75) is 45.1 Å². The zero-order valence-electron chi connectivity index (χ0n) is 15.1. The minimum atomic E-state index is -0.0121. The summed E-state index contributed by atoms with van der Waals surface area (Å²) in [5, 5.41) is 3.18. The van der Waals surface area contributed by atoms with Gasteiger partial charge in [0.15, 0.2) is 6.04 Å². The SMILES string of the molecule is C[C@@H](C(=O)Nc1ccccc1-c1ccccc1)[NH+]1CCCCCCC1. The molecule has 0 saturated carbocycles. The van der Waals surface area contributed by atoms with Gasteiger partial charge in [0.2, 0.25) is 0 Å². The minimum Gasteiger partial charge on any atom is -0.325 e. The molecular weight excluding hydrogens is 308 g/mol. The van der Waals surface area contributed by atoms with Crippen LogP contribution in [0.25, 0.3) is 11.1 Å². The Morgan fingerprint density at radius 3 is 2.20 bits per heavy atom. The first kappa shape index (κ1) is 17.7. The number of nitrogens with one attached hydrogen (secondary N) is 2. The van der Waals surface area contributed by atoms with Gasteiger partial charge >= 0.3 is 0 Å². The van der Waals surface area contributed by atoms with Gasteiger partial charge in [-0.05, 0) is 44.2 Å². The van der Waals surface area contributed by atoms with Crippen LogP contribution in [-0.4, -0.2) is 25.0 Å². The monoisotopic (exact) mass is 337 g/mol.